The molecule has 0 spiro atoms. The van der Waals surface area contributed by atoms with Crippen LogP contribution in [-0.2, 0) is 6.54 Å². The first-order valence-corrected chi connectivity index (χ1v) is 6.62. The fourth-order valence-electron chi connectivity index (χ4n) is 1.78. The van der Waals surface area contributed by atoms with Crippen molar-refractivity contribution in [2.24, 2.45) is 0 Å². The number of aliphatic hydroxyl groups is 1. The first-order valence-electron chi connectivity index (χ1n) is 6.62. The molecule has 2 N–H and O–H groups in total. The summed E-state index contributed by atoms with van der Waals surface area (Å²) in [5, 5.41) is 13.2. The second-order valence-electron chi connectivity index (χ2n) is 5.87. The van der Waals surface area contributed by atoms with Gasteiger partial charge in [-0.1, -0.05) is 17.7 Å². The SMILES string of the molecule is Cc1ccc(OCC(C)(C)O)c(CNC2CC2)c1. The largest absolute Gasteiger partial charge is 0.490 e. The molecular weight excluding hydrogens is 226 g/mol. The monoisotopic (exact) mass is 249 g/mol. The van der Waals surface area contributed by atoms with Crippen molar-refractivity contribution >= 4 is 0 Å². The number of hydrogen-bond donors (Lipinski definition) is 2. The minimum atomic E-state index is -0.800. The van der Waals surface area contributed by atoms with Gasteiger partial charge in [0.25, 0.3) is 0 Å². The van der Waals surface area contributed by atoms with E-state index in [1.54, 1.807) is 13.8 Å². The van der Waals surface area contributed by atoms with E-state index in [4.69, 9.17) is 4.74 Å². The van der Waals surface area contributed by atoms with Crippen LogP contribution < -0.4 is 10.1 Å². The Balaban J connectivity index is 2.01. The topological polar surface area (TPSA) is 41.5 Å². The first-order chi connectivity index (χ1) is 8.44. The number of aryl methyl sites for hydroxylation is 1. The predicted molar refractivity (Wildman–Crippen MR) is 72.8 cm³/mol. The highest BCUT2D eigenvalue weighted by Gasteiger charge is 2.21. The van der Waals surface area contributed by atoms with E-state index >= 15 is 0 Å². The summed E-state index contributed by atoms with van der Waals surface area (Å²) in [5.41, 5.74) is 1.61. The third-order valence-corrected chi connectivity index (χ3v) is 2.96. The van der Waals surface area contributed by atoms with Gasteiger partial charge in [0.15, 0.2) is 0 Å². The average Bonchev–Trinajstić information content (AvgIpc) is 3.07. The fourth-order valence-corrected chi connectivity index (χ4v) is 1.78. The zero-order valence-corrected chi connectivity index (χ0v) is 11.5. The molecule has 100 valence electrons. The molecule has 0 aliphatic heterocycles. The van der Waals surface area contributed by atoms with Gasteiger partial charge in [-0.2, -0.15) is 0 Å². The number of hydrogen-bond acceptors (Lipinski definition) is 3. The van der Waals surface area contributed by atoms with Crippen molar-refractivity contribution in [2.75, 3.05) is 6.61 Å². The maximum atomic E-state index is 9.71. The summed E-state index contributed by atoms with van der Waals surface area (Å²) in [4.78, 5) is 0. The van der Waals surface area contributed by atoms with Crippen LogP contribution in [0.1, 0.15) is 37.8 Å². The predicted octanol–water partition coefficient (Wildman–Crippen LogP) is 2.40. The third kappa shape index (κ3) is 4.31. The maximum Gasteiger partial charge on any atom is 0.123 e. The van der Waals surface area contributed by atoms with E-state index in [1.165, 1.54) is 24.0 Å². The molecule has 0 aromatic heterocycles. The van der Waals surface area contributed by atoms with Gasteiger partial charge in [-0.3, -0.25) is 0 Å². The van der Waals surface area contributed by atoms with Gasteiger partial charge in [0, 0.05) is 18.2 Å². The lowest BCUT2D eigenvalue weighted by Crippen LogP contribution is -2.28. The molecule has 2 rings (SSSR count). The van der Waals surface area contributed by atoms with Crippen molar-refractivity contribution in [1.82, 2.24) is 5.32 Å². The quantitative estimate of drug-likeness (QED) is 0.813. The van der Waals surface area contributed by atoms with Crippen LogP contribution in [0.2, 0.25) is 0 Å². The minimum absolute atomic E-state index is 0.312. The van der Waals surface area contributed by atoms with Crippen molar-refractivity contribution in [3.05, 3.63) is 29.3 Å². The molecule has 0 unspecified atom stereocenters. The molecular formula is C15H23NO2. The normalized spacial score (nSPS) is 15.8. The van der Waals surface area contributed by atoms with Crippen molar-refractivity contribution < 1.29 is 9.84 Å². The molecule has 0 atom stereocenters. The van der Waals surface area contributed by atoms with Gasteiger partial charge < -0.3 is 15.2 Å². The second-order valence-corrected chi connectivity index (χ2v) is 5.87. The molecule has 1 fully saturated rings. The van der Waals surface area contributed by atoms with Crippen LogP contribution in [0, 0.1) is 6.92 Å². The molecule has 1 saturated carbocycles. The Hall–Kier alpha value is -1.06. The van der Waals surface area contributed by atoms with Crippen LogP contribution in [-0.4, -0.2) is 23.4 Å². The number of ether oxygens (including phenoxy) is 1. The Morgan fingerprint density at radius 2 is 2.11 bits per heavy atom. The third-order valence-electron chi connectivity index (χ3n) is 2.96. The summed E-state index contributed by atoms with van der Waals surface area (Å²) in [6, 6.07) is 6.87. The number of benzene rings is 1. The summed E-state index contributed by atoms with van der Waals surface area (Å²) in [7, 11) is 0. The summed E-state index contributed by atoms with van der Waals surface area (Å²) < 4.78 is 5.72. The number of rotatable bonds is 6. The summed E-state index contributed by atoms with van der Waals surface area (Å²) in [5.74, 6) is 0.871. The molecule has 3 nitrogen and oxygen atoms in total. The Labute approximate surface area is 109 Å². The molecule has 0 saturated heterocycles. The van der Waals surface area contributed by atoms with Crippen LogP contribution in [0.4, 0.5) is 0 Å². The Bertz CT molecular complexity index is 405. The van der Waals surface area contributed by atoms with Crippen molar-refractivity contribution in [3.63, 3.8) is 0 Å². The molecule has 0 amide bonds. The van der Waals surface area contributed by atoms with E-state index in [1.807, 2.05) is 12.1 Å². The van der Waals surface area contributed by atoms with Gasteiger partial charge in [-0.15, -0.1) is 0 Å². The molecule has 1 aliphatic carbocycles. The fraction of sp³-hybridized carbons (Fsp3) is 0.600. The van der Waals surface area contributed by atoms with Gasteiger partial charge in [0.05, 0.1) is 5.60 Å². The van der Waals surface area contributed by atoms with Crippen LogP contribution in [0.5, 0.6) is 5.75 Å². The van der Waals surface area contributed by atoms with Crippen molar-refractivity contribution in [3.8, 4) is 5.75 Å². The lowest BCUT2D eigenvalue weighted by Gasteiger charge is -2.20. The maximum absolute atomic E-state index is 9.71. The highest BCUT2D eigenvalue weighted by Crippen LogP contribution is 2.24. The highest BCUT2D eigenvalue weighted by molar-refractivity contribution is 5.37. The molecule has 0 heterocycles. The minimum Gasteiger partial charge on any atom is -0.490 e. The van der Waals surface area contributed by atoms with Gasteiger partial charge >= 0.3 is 0 Å². The van der Waals surface area contributed by atoms with Crippen LogP contribution in [0.25, 0.3) is 0 Å². The molecule has 18 heavy (non-hydrogen) atoms. The van der Waals surface area contributed by atoms with Gasteiger partial charge in [0.1, 0.15) is 12.4 Å². The Morgan fingerprint density at radius 1 is 1.39 bits per heavy atom. The summed E-state index contributed by atoms with van der Waals surface area (Å²) >= 11 is 0. The van der Waals surface area contributed by atoms with E-state index in [0.717, 1.165) is 12.3 Å². The van der Waals surface area contributed by atoms with E-state index < -0.39 is 5.60 Å². The first kappa shape index (κ1) is 13.4. The summed E-state index contributed by atoms with van der Waals surface area (Å²) in [6.07, 6.45) is 2.57. The smallest absolute Gasteiger partial charge is 0.123 e. The molecule has 1 aromatic rings. The summed E-state index contributed by atoms with van der Waals surface area (Å²) in [6.45, 7) is 6.74. The van der Waals surface area contributed by atoms with Crippen LogP contribution >= 0.6 is 0 Å². The lowest BCUT2D eigenvalue weighted by atomic mass is 10.1. The van der Waals surface area contributed by atoms with Gasteiger partial charge in [0.2, 0.25) is 0 Å². The zero-order valence-electron chi connectivity index (χ0n) is 11.5. The zero-order chi connectivity index (χ0) is 13.2. The molecule has 1 aliphatic rings. The number of nitrogens with one attached hydrogen (secondary N) is 1. The van der Waals surface area contributed by atoms with Crippen molar-refractivity contribution in [1.29, 1.82) is 0 Å². The van der Waals surface area contributed by atoms with E-state index in [-0.39, 0.29) is 0 Å². The lowest BCUT2D eigenvalue weighted by molar-refractivity contribution is 0.0281. The molecule has 3 heteroatoms. The standard InChI is InChI=1S/C15H23NO2/c1-11-4-7-14(18-10-15(2,3)17)12(8-11)9-16-13-5-6-13/h4,7-8,13,16-17H,5-6,9-10H2,1-3H3. The van der Waals surface area contributed by atoms with E-state index in [2.05, 4.69) is 18.3 Å². The molecule has 0 radical (unpaired) electrons. The highest BCUT2D eigenvalue weighted by atomic mass is 16.5. The molecule has 0 bridgehead atoms. The molecule has 1 aromatic carbocycles. The van der Waals surface area contributed by atoms with E-state index in [9.17, 15) is 5.11 Å². The average molecular weight is 249 g/mol. The van der Waals surface area contributed by atoms with Gasteiger partial charge in [-0.25, -0.2) is 0 Å². The Kier molecular flexibility index (Phi) is 3.93. The van der Waals surface area contributed by atoms with Gasteiger partial charge in [-0.05, 0) is 39.7 Å². The van der Waals surface area contributed by atoms with Crippen molar-refractivity contribution in [2.45, 2.75) is 51.8 Å². The van der Waals surface area contributed by atoms with E-state index in [0.29, 0.717) is 12.6 Å². The van der Waals surface area contributed by atoms with Crippen LogP contribution in [0.3, 0.4) is 0 Å². The second kappa shape index (κ2) is 5.29. The Morgan fingerprint density at radius 3 is 2.72 bits per heavy atom. The van der Waals surface area contributed by atoms with Crippen LogP contribution in [0.15, 0.2) is 18.2 Å².